The normalized spacial score (nSPS) is 15.5. The molecule has 1 aliphatic rings. The number of hydrogen-bond acceptors (Lipinski definition) is 3. The Kier molecular flexibility index (Phi) is 8.29. The maximum absolute atomic E-state index is 13.1. The third-order valence-electron chi connectivity index (χ3n) is 5.95. The number of piperazine rings is 1. The lowest BCUT2D eigenvalue weighted by Crippen LogP contribution is -2.51. The van der Waals surface area contributed by atoms with Crippen LogP contribution >= 0.6 is 11.6 Å². The number of halogens is 4. The standard InChI is InChI=1S/C25H30ClF3N2O2/c1-24(2,12-3-17-33-22-10-8-21(26)9-11-22)23(32)31-15-13-30(14-16-31)18-19-4-6-20(7-5-19)25(27,28)29/h4-11H,3,12-18H2,1-2H3. The lowest BCUT2D eigenvalue weighted by molar-refractivity contribution is -0.142. The molecular weight excluding hydrogens is 453 g/mol. The molecule has 1 aliphatic heterocycles. The van der Waals surface area contributed by atoms with E-state index >= 15 is 0 Å². The maximum Gasteiger partial charge on any atom is 0.416 e. The van der Waals surface area contributed by atoms with Crippen LogP contribution in [-0.4, -0.2) is 48.5 Å². The monoisotopic (exact) mass is 482 g/mol. The average molecular weight is 483 g/mol. The number of alkyl halides is 3. The number of nitrogens with zero attached hydrogens (tertiary/aromatic N) is 2. The molecule has 3 rings (SSSR count). The SMILES string of the molecule is CC(C)(CCCOc1ccc(Cl)cc1)C(=O)N1CCN(Cc2ccc(C(F)(F)F)cc2)CC1. The van der Waals surface area contributed by atoms with Gasteiger partial charge in [-0.05, 0) is 54.8 Å². The number of amides is 1. The van der Waals surface area contributed by atoms with Crippen LogP contribution in [0.5, 0.6) is 5.75 Å². The maximum atomic E-state index is 13.1. The molecule has 0 atom stereocenters. The molecule has 0 unspecified atom stereocenters. The van der Waals surface area contributed by atoms with Crippen molar-refractivity contribution in [3.8, 4) is 5.75 Å². The summed E-state index contributed by atoms with van der Waals surface area (Å²) in [6.07, 6.45) is -2.85. The van der Waals surface area contributed by atoms with Gasteiger partial charge in [-0.25, -0.2) is 0 Å². The summed E-state index contributed by atoms with van der Waals surface area (Å²) in [7, 11) is 0. The molecule has 1 amide bonds. The molecule has 2 aromatic rings. The minimum atomic E-state index is -4.32. The van der Waals surface area contributed by atoms with Crippen LogP contribution in [0.3, 0.4) is 0 Å². The van der Waals surface area contributed by atoms with Crippen molar-refractivity contribution in [2.45, 2.75) is 39.4 Å². The molecular formula is C25H30ClF3N2O2. The van der Waals surface area contributed by atoms with E-state index in [0.717, 1.165) is 29.9 Å². The summed E-state index contributed by atoms with van der Waals surface area (Å²) in [5, 5.41) is 0.661. The lowest BCUT2D eigenvalue weighted by Gasteiger charge is -2.38. The highest BCUT2D eigenvalue weighted by atomic mass is 35.5. The Bertz CT molecular complexity index is 907. The van der Waals surface area contributed by atoms with Gasteiger partial charge in [0, 0.05) is 43.2 Å². The van der Waals surface area contributed by atoms with Crippen molar-refractivity contribution < 1.29 is 22.7 Å². The average Bonchev–Trinajstić information content (AvgIpc) is 2.78. The van der Waals surface area contributed by atoms with Crippen LogP contribution in [0.15, 0.2) is 48.5 Å². The third-order valence-corrected chi connectivity index (χ3v) is 6.21. The highest BCUT2D eigenvalue weighted by Crippen LogP contribution is 2.30. The van der Waals surface area contributed by atoms with E-state index < -0.39 is 17.2 Å². The first kappa shape index (κ1) is 25.4. The fraction of sp³-hybridized carbons (Fsp3) is 0.480. The van der Waals surface area contributed by atoms with Crippen molar-refractivity contribution in [2.75, 3.05) is 32.8 Å². The summed E-state index contributed by atoms with van der Waals surface area (Å²) in [4.78, 5) is 17.1. The first-order valence-electron chi connectivity index (χ1n) is 11.1. The smallest absolute Gasteiger partial charge is 0.416 e. The van der Waals surface area contributed by atoms with Gasteiger partial charge in [0.25, 0.3) is 0 Å². The zero-order valence-electron chi connectivity index (χ0n) is 19.0. The van der Waals surface area contributed by atoms with Crippen LogP contribution in [0.4, 0.5) is 13.2 Å². The van der Waals surface area contributed by atoms with E-state index in [1.54, 1.807) is 12.1 Å². The Labute approximate surface area is 198 Å². The highest BCUT2D eigenvalue weighted by Gasteiger charge is 2.33. The molecule has 2 aromatic carbocycles. The van der Waals surface area contributed by atoms with Crippen molar-refractivity contribution in [2.24, 2.45) is 5.41 Å². The van der Waals surface area contributed by atoms with Crippen LogP contribution < -0.4 is 4.74 Å². The zero-order valence-corrected chi connectivity index (χ0v) is 19.8. The van der Waals surface area contributed by atoms with Gasteiger partial charge in [-0.2, -0.15) is 13.2 Å². The summed E-state index contributed by atoms with van der Waals surface area (Å²) >= 11 is 5.87. The van der Waals surface area contributed by atoms with Crippen molar-refractivity contribution in [3.05, 3.63) is 64.7 Å². The van der Waals surface area contributed by atoms with E-state index in [9.17, 15) is 18.0 Å². The van der Waals surface area contributed by atoms with Crippen molar-refractivity contribution in [1.82, 2.24) is 9.80 Å². The largest absolute Gasteiger partial charge is 0.494 e. The lowest BCUT2D eigenvalue weighted by atomic mass is 9.86. The fourth-order valence-electron chi connectivity index (χ4n) is 3.94. The Morgan fingerprint density at radius 3 is 2.15 bits per heavy atom. The summed E-state index contributed by atoms with van der Waals surface area (Å²) < 4.78 is 43.9. The van der Waals surface area contributed by atoms with Gasteiger partial charge in [0.1, 0.15) is 5.75 Å². The fourth-order valence-corrected chi connectivity index (χ4v) is 4.06. The molecule has 180 valence electrons. The Morgan fingerprint density at radius 2 is 1.58 bits per heavy atom. The van der Waals surface area contributed by atoms with Crippen molar-refractivity contribution >= 4 is 17.5 Å². The Balaban J connectivity index is 1.41. The zero-order chi connectivity index (χ0) is 24.1. The van der Waals surface area contributed by atoms with Crippen LogP contribution in [-0.2, 0) is 17.5 Å². The van der Waals surface area contributed by atoms with Crippen LogP contribution in [0.1, 0.15) is 37.8 Å². The van der Waals surface area contributed by atoms with E-state index in [1.807, 2.05) is 30.9 Å². The van der Waals surface area contributed by atoms with Gasteiger partial charge in [0.05, 0.1) is 12.2 Å². The number of hydrogen-bond donors (Lipinski definition) is 0. The Hall–Kier alpha value is -2.25. The quantitative estimate of drug-likeness (QED) is 0.440. The number of carbonyl (C=O) groups excluding carboxylic acids is 1. The van der Waals surface area contributed by atoms with Gasteiger partial charge in [-0.1, -0.05) is 37.6 Å². The van der Waals surface area contributed by atoms with E-state index in [0.29, 0.717) is 50.8 Å². The first-order chi connectivity index (χ1) is 15.5. The van der Waals surface area contributed by atoms with Gasteiger partial charge in [0.15, 0.2) is 0 Å². The van der Waals surface area contributed by atoms with Gasteiger partial charge >= 0.3 is 6.18 Å². The minimum Gasteiger partial charge on any atom is -0.494 e. The molecule has 0 saturated carbocycles. The molecule has 0 N–H and O–H groups in total. The van der Waals surface area contributed by atoms with Crippen LogP contribution in [0, 0.1) is 5.41 Å². The third kappa shape index (κ3) is 7.37. The molecule has 8 heteroatoms. The second-order valence-corrected chi connectivity index (χ2v) is 9.49. The second kappa shape index (κ2) is 10.8. The molecule has 0 bridgehead atoms. The van der Waals surface area contributed by atoms with Gasteiger partial charge in [-0.3, -0.25) is 9.69 Å². The summed E-state index contributed by atoms with van der Waals surface area (Å²) in [5.74, 6) is 0.885. The van der Waals surface area contributed by atoms with Gasteiger partial charge in [0.2, 0.25) is 5.91 Å². The highest BCUT2D eigenvalue weighted by molar-refractivity contribution is 6.30. The number of carbonyl (C=O) groups is 1. The van der Waals surface area contributed by atoms with Crippen LogP contribution in [0.2, 0.25) is 5.02 Å². The molecule has 0 aromatic heterocycles. The Morgan fingerprint density at radius 1 is 0.970 bits per heavy atom. The van der Waals surface area contributed by atoms with E-state index in [1.165, 1.54) is 12.1 Å². The topological polar surface area (TPSA) is 32.8 Å². The number of ether oxygens (including phenoxy) is 1. The van der Waals surface area contributed by atoms with E-state index in [4.69, 9.17) is 16.3 Å². The van der Waals surface area contributed by atoms with Gasteiger partial charge in [-0.15, -0.1) is 0 Å². The molecule has 0 spiro atoms. The first-order valence-corrected chi connectivity index (χ1v) is 11.5. The molecule has 4 nitrogen and oxygen atoms in total. The predicted molar refractivity (Wildman–Crippen MR) is 123 cm³/mol. The van der Waals surface area contributed by atoms with Crippen molar-refractivity contribution in [3.63, 3.8) is 0 Å². The van der Waals surface area contributed by atoms with Crippen molar-refractivity contribution in [1.29, 1.82) is 0 Å². The molecule has 1 saturated heterocycles. The number of rotatable bonds is 8. The summed E-state index contributed by atoms with van der Waals surface area (Å²) in [5.41, 5.74) is -0.287. The molecule has 1 fully saturated rings. The van der Waals surface area contributed by atoms with E-state index in [2.05, 4.69) is 4.90 Å². The molecule has 1 heterocycles. The van der Waals surface area contributed by atoms with E-state index in [-0.39, 0.29) is 5.91 Å². The minimum absolute atomic E-state index is 0.128. The molecule has 0 radical (unpaired) electrons. The predicted octanol–water partition coefficient (Wildman–Crippen LogP) is 5.89. The van der Waals surface area contributed by atoms with Gasteiger partial charge < -0.3 is 9.64 Å². The number of benzene rings is 2. The summed E-state index contributed by atoms with van der Waals surface area (Å²) in [6.45, 7) is 7.66. The molecule has 0 aliphatic carbocycles. The second-order valence-electron chi connectivity index (χ2n) is 9.05. The summed E-state index contributed by atoms with van der Waals surface area (Å²) in [6, 6.07) is 12.5. The molecule has 33 heavy (non-hydrogen) atoms. The van der Waals surface area contributed by atoms with Crippen LogP contribution in [0.25, 0.3) is 0 Å².